The fourth-order valence-corrected chi connectivity index (χ4v) is 2.71. The Hall–Kier alpha value is -0.930. The minimum atomic E-state index is -0.215. The van der Waals surface area contributed by atoms with E-state index in [0.717, 1.165) is 50.4 Å². The topological polar surface area (TPSA) is 98.2 Å². The molecule has 0 spiro atoms. The number of hydrogen-bond acceptors (Lipinski definition) is 3. The summed E-state index contributed by atoms with van der Waals surface area (Å²) in [5, 5.41) is 7.25. The number of aromatic nitrogens is 2. The number of rotatable bonds is 4. The number of hydrogen-bond donors (Lipinski definition) is 1. The van der Waals surface area contributed by atoms with Gasteiger partial charge in [-0.3, -0.25) is 5.10 Å². The van der Waals surface area contributed by atoms with Crippen LogP contribution in [0.15, 0.2) is 30.5 Å². The lowest BCUT2D eigenvalue weighted by molar-refractivity contribution is 0.155. The summed E-state index contributed by atoms with van der Waals surface area (Å²) in [5.74, 6) is -0.215. The standard InChI is InChI=1S/C16H21FN4.3ClH.2H2O/c1-20-8-10-21(11-9-20)7-6-14-12-18-19-16(14)13-2-4-15(17)5-3-13;;;;;/h2-5,12H,6-11H2,1H3,(H,18,19);3*1H;2*1H2. The molecule has 1 aliphatic rings. The molecule has 6 nitrogen and oxygen atoms in total. The summed E-state index contributed by atoms with van der Waals surface area (Å²) < 4.78 is 13.0. The lowest BCUT2D eigenvalue weighted by atomic mass is 10.1. The molecule has 0 aliphatic carbocycles. The Kier molecular flexibility index (Phi) is 16.2. The molecule has 1 fully saturated rings. The predicted molar refractivity (Wildman–Crippen MR) is 111 cm³/mol. The van der Waals surface area contributed by atoms with E-state index in [1.807, 2.05) is 6.20 Å². The fraction of sp³-hybridized carbons (Fsp3) is 0.438. The van der Waals surface area contributed by atoms with Gasteiger partial charge in [-0.25, -0.2) is 4.39 Å². The second-order valence-electron chi connectivity index (χ2n) is 5.66. The summed E-state index contributed by atoms with van der Waals surface area (Å²) in [6, 6.07) is 6.53. The van der Waals surface area contributed by atoms with Crippen molar-refractivity contribution in [1.82, 2.24) is 20.0 Å². The van der Waals surface area contributed by atoms with Crippen LogP contribution in [0.4, 0.5) is 4.39 Å². The van der Waals surface area contributed by atoms with Gasteiger partial charge in [0.15, 0.2) is 0 Å². The summed E-state index contributed by atoms with van der Waals surface area (Å²) in [7, 11) is 2.17. The summed E-state index contributed by atoms with van der Waals surface area (Å²) in [4.78, 5) is 4.85. The number of benzene rings is 1. The van der Waals surface area contributed by atoms with Gasteiger partial charge in [0.2, 0.25) is 0 Å². The zero-order valence-electron chi connectivity index (χ0n) is 14.6. The van der Waals surface area contributed by atoms with Gasteiger partial charge in [-0.05, 0) is 43.3 Å². The van der Waals surface area contributed by atoms with Crippen molar-refractivity contribution in [3.05, 3.63) is 41.8 Å². The highest BCUT2D eigenvalue weighted by Gasteiger charge is 2.15. The lowest BCUT2D eigenvalue weighted by Crippen LogP contribution is -2.45. The van der Waals surface area contributed by atoms with Gasteiger partial charge in [0, 0.05) is 44.5 Å². The molecule has 1 saturated heterocycles. The van der Waals surface area contributed by atoms with Crippen LogP contribution in [0.3, 0.4) is 0 Å². The SMILES string of the molecule is CN1CCN(CCc2c[nH]nc2-c2ccc(F)cc2)CC1.Cl.Cl.Cl.O.O. The van der Waals surface area contributed by atoms with Crippen LogP contribution in [0.5, 0.6) is 0 Å². The molecule has 0 radical (unpaired) electrons. The first-order valence-electron chi connectivity index (χ1n) is 7.42. The molecular weight excluding hydrogens is 406 g/mol. The quantitative estimate of drug-likeness (QED) is 0.793. The normalized spacial score (nSPS) is 13.9. The van der Waals surface area contributed by atoms with Crippen LogP contribution in [0.25, 0.3) is 11.3 Å². The first-order valence-corrected chi connectivity index (χ1v) is 7.42. The van der Waals surface area contributed by atoms with Crippen LogP contribution in [-0.2, 0) is 6.42 Å². The highest BCUT2D eigenvalue weighted by Crippen LogP contribution is 2.22. The number of aromatic amines is 1. The zero-order valence-corrected chi connectivity index (χ0v) is 17.0. The Morgan fingerprint density at radius 3 is 2.15 bits per heavy atom. The van der Waals surface area contributed by atoms with Crippen molar-refractivity contribution < 1.29 is 15.3 Å². The van der Waals surface area contributed by atoms with E-state index >= 15 is 0 Å². The van der Waals surface area contributed by atoms with Gasteiger partial charge in [0.1, 0.15) is 5.82 Å². The van der Waals surface area contributed by atoms with E-state index in [-0.39, 0.29) is 54.0 Å². The molecule has 2 heterocycles. The Morgan fingerprint density at radius 2 is 1.58 bits per heavy atom. The van der Waals surface area contributed by atoms with E-state index in [1.54, 1.807) is 12.1 Å². The third-order valence-corrected chi connectivity index (χ3v) is 4.13. The monoisotopic (exact) mass is 432 g/mol. The Labute approximate surface area is 172 Å². The Bertz CT molecular complexity index is 593. The van der Waals surface area contributed by atoms with Crippen molar-refractivity contribution in [2.75, 3.05) is 39.8 Å². The van der Waals surface area contributed by atoms with Gasteiger partial charge < -0.3 is 20.8 Å². The van der Waals surface area contributed by atoms with Gasteiger partial charge >= 0.3 is 0 Å². The van der Waals surface area contributed by atoms with Gasteiger partial charge in [0.25, 0.3) is 0 Å². The molecule has 2 aromatic rings. The summed E-state index contributed by atoms with van der Waals surface area (Å²) >= 11 is 0. The molecule has 3 rings (SSSR count). The van der Waals surface area contributed by atoms with Gasteiger partial charge in [-0.15, -0.1) is 37.2 Å². The fourth-order valence-electron chi connectivity index (χ4n) is 2.71. The maximum atomic E-state index is 13.0. The van der Waals surface area contributed by atoms with E-state index < -0.39 is 0 Å². The average molecular weight is 434 g/mol. The van der Waals surface area contributed by atoms with Crippen molar-refractivity contribution in [3.63, 3.8) is 0 Å². The predicted octanol–water partition coefficient (Wildman–Crippen LogP) is 1.62. The number of piperazine rings is 1. The number of halogens is 4. The van der Waals surface area contributed by atoms with Crippen LogP contribution in [0.1, 0.15) is 5.56 Å². The van der Waals surface area contributed by atoms with Crippen LogP contribution >= 0.6 is 37.2 Å². The summed E-state index contributed by atoms with van der Waals surface area (Å²) in [6.45, 7) is 5.56. The van der Waals surface area contributed by atoms with Crippen molar-refractivity contribution in [3.8, 4) is 11.3 Å². The smallest absolute Gasteiger partial charge is 0.123 e. The van der Waals surface area contributed by atoms with Gasteiger partial charge in [0.05, 0.1) is 5.69 Å². The molecule has 1 aromatic heterocycles. The first-order chi connectivity index (χ1) is 10.2. The maximum absolute atomic E-state index is 13.0. The number of likely N-dealkylation sites (N-methyl/N-ethyl adjacent to an activating group) is 1. The molecule has 1 aliphatic heterocycles. The molecule has 5 N–H and O–H groups in total. The van der Waals surface area contributed by atoms with E-state index in [4.69, 9.17) is 0 Å². The van der Waals surface area contributed by atoms with Crippen molar-refractivity contribution >= 4 is 37.2 Å². The molecular formula is C16H28Cl3FN4O2. The third-order valence-electron chi connectivity index (χ3n) is 4.13. The molecule has 0 bridgehead atoms. The van der Waals surface area contributed by atoms with Gasteiger partial charge in [-0.1, -0.05) is 0 Å². The summed E-state index contributed by atoms with van der Waals surface area (Å²) in [5.41, 5.74) is 3.09. The van der Waals surface area contributed by atoms with Crippen molar-refractivity contribution in [1.29, 1.82) is 0 Å². The van der Waals surface area contributed by atoms with Crippen molar-refractivity contribution in [2.45, 2.75) is 6.42 Å². The Morgan fingerprint density at radius 1 is 1.00 bits per heavy atom. The molecule has 0 unspecified atom stereocenters. The third kappa shape index (κ3) is 7.75. The molecule has 26 heavy (non-hydrogen) atoms. The minimum Gasteiger partial charge on any atom is -0.412 e. The zero-order chi connectivity index (χ0) is 14.7. The molecule has 0 amide bonds. The second-order valence-corrected chi connectivity index (χ2v) is 5.66. The number of nitrogens with one attached hydrogen (secondary N) is 1. The second kappa shape index (κ2) is 14.2. The van der Waals surface area contributed by atoms with Crippen LogP contribution in [-0.4, -0.2) is 70.7 Å². The Balaban J connectivity index is -0.00000106. The molecule has 152 valence electrons. The molecule has 0 saturated carbocycles. The van der Waals surface area contributed by atoms with E-state index in [0.29, 0.717) is 0 Å². The average Bonchev–Trinajstić information content (AvgIpc) is 2.96. The van der Waals surface area contributed by atoms with Crippen LogP contribution < -0.4 is 0 Å². The van der Waals surface area contributed by atoms with Gasteiger partial charge in [-0.2, -0.15) is 5.10 Å². The lowest BCUT2D eigenvalue weighted by Gasteiger charge is -2.32. The number of nitrogens with zero attached hydrogens (tertiary/aromatic N) is 3. The van der Waals surface area contributed by atoms with E-state index in [2.05, 4.69) is 27.0 Å². The van der Waals surface area contributed by atoms with E-state index in [1.165, 1.54) is 17.7 Å². The minimum absolute atomic E-state index is 0. The maximum Gasteiger partial charge on any atom is 0.123 e. The largest absolute Gasteiger partial charge is 0.412 e. The van der Waals surface area contributed by atoms with Crippen molar-refractivity contribution in [2.24, 2.45) is 0 Å². The summed E-state index contributed by atoms with van der Waals surface area (Å²) in [6.07, 6.45) is 2.92. The van der Waals surface area contributed by atoms with Crippen LogP contribution in [0.2, 0.25) is 0 Å². The highest BCUT2D eigenvalue weighted by atomic mass is 35.5. The molecule has 10 heteroatoms. The highest BCUT2D eigenvalue weighted by molar-refractivity contribution is 5.86. The molecule has 1 aromatic carbocycles. The number of H-pyrrole nitrogens is 1. The van der Waals surface area contributed by atoms with E-state index in [9.17, 15) is 4.39 Å². The molecule has 0 atom stereocenters. The first kappa shape index (κ1) is 29.8. The van der Waals surface area contributed by atoms with Crippen LogP contribution in [0, 0.1) is 5.82 Å².